The molecule has 2 heteroatoms. The maximum absolute atomic E-state index is 5.47. The fraction of sp³-hybridized carbons (Fsp3) is 0.647. The summed E-state index contributed by atoms with van der Waals surface area (Å²) in [6.45, 7) is 8.41. The molecule has 0 aliphatic carbocycles. The van der Waals surface area contributed by atoms with Crippen LogP contribution in [0.4, 0.5) is 0 Å². The van der Waals surface area contributed by atoms with E-state index in [0.717, 1.165) is 32.2 Å². The fourth-order valence-electron chi connectivity index (χ4n) is 2.96. The number of aryl methyl sites for hydroxylation is 1. The minimum atomic E-state index is 0.642. The lowest BCUT2D eigenvalue weighted by Crippen LogP contribution is -2.25. The van der Waals surface area contributed by atoms with Gasteiger partial charge in [-0.3, -0.25) is 0 Å². The highest BCUT2D eigenvalue weighted by molar-refractivity contribution is 5.25. The van der Waals surface area contributed by atoms with Crippen LogP contribution in [0.1, 0.15) is 43.2 Å². The molecule has 0 spiro atoms. The zero-order chi connectivity index (χ0) is 13.5. The van der Waals surface area contributed by atoms with Crippen LogP contribution in [0.15, 0.2) is 24.3 Å². The number of hydrogen-bond acceptors (Lipinski definition) is 2. The van der Waals surface area contributed by atoms with Gasteiger partial charge in [0.1, 0.15) is 0 Å². The molecule has 2 rings (SSSR count). The number of hydrogen-bond donors (Lipinski definition) is 1. The van der Waals surface area contributed by atoms with Crippen LogP contribution < -0.4 is 5.32 Å². The molecule has 0 bridgehead atoms. The van der Waals surface area contributed by atoms with Gasteiger partial charge in [0.2, 0.25) is 0 Å². The van der Waals surface area contributed by atoms with Gasteiger partial charge in [0.25, 0.3) is 0 Å². The summed E-state index contributed by atoms with van der Waals surface area (Å²) < 4.78 is 5.47. The van der Waals surface area contributed by atoms with Crippen molar-refractivity contribution in [2.75, 3.05) is 26.3 Å². The zero-order valence-electron chi connectivity index (χ0n) is 12.3. The third kappa shape index (κ3) is 4.63. The van der Waals surface area contributed by atoms with Crippen LogP contribution in [0.25, 0.3) is 0 Å². The monoisotopic (exact) mass is 261 g/mol. The number of benzene rings is 1. The second kappa shape index (κ2) is 7.66. The molecule has 2 nitrogen and oxygen atoms in total. The zero-order valence-corrected chi connectivity index (χ0v) is 12.3. The second-order valence-electron chi connectivity index (χ2n) is 5.71. The average Bonchev–Trinajstić information content (AvgIpc) is 2.44. The van der Waals surface area contributed by atoms with E-state index in [0.29, 0.717) is 5.92 Å². The highest BCUT2D eigenvalue weighted by atomic mass is 16.5. The highest BCUT2D eigenvalue weighted by Gasteiger charge is 2.20. The van der Waals surface area contributed by atoms with E-state index in [4.69, 9.17) is 4.74 Å². The summed E-state index contributed by atoms with van der Waals surface area (Å²) in [5.74, 6) is 1.47. The molecule has 1 unspecified atom stereocenters. The molecule has 1 saturated heterocycles. The second-order valence-corrected chi connectivity index (χ2v) is 5.71. The molecule has 0 saturated carbocycles. The van der Waals surface area contributed by atoms with Gasteiger partial charge in [-0.1, -0.05) is 36.8 Å². The van der Waals surface area contributed by atoms with E-state index in [-0.39, 0.29) is 0 Å². The Kier molecular flexibility index (Phi) is 5.87. The first-order valence-electron chi connectivity index (χ1n) is 7.64. The maximum atomic E-state index is 5.47. The molecule has 0 radical (unpaired) electrons. The molecule has 0 aromatic heterocycles. The van der Waals surface area contributed by atoms with Crippen LogP contribution in [0.5, 0.6) is 0 Å². The molecule has 1 atom stereocenters. The van der Waals surface area contributed by atoms with Crippen molar-refractivity contribution in [1.29, 1.82) is 0 Å². The van der Waals surface area contributed by atoms with Gasteiger partial charge in [0.05, 0.1) is 0 Å². The minimum absolute atomic E-state index is 0.642. The molecular weight excluding hydrogens is 234 g/mol. The van der Waals surface area contributed by atoms with Crippen molar-refractivity contribution in [2.45, 2.75) is 39.0 Å². The smallest absolute Gasteiger partial charge is 0.0468 e. The van der Waals surface area contributed by atoms with Gasteiger partial charge in [-0.15, -0.1) is 0 Å². The molecular formula is C17H27NO. The van der Waals surface area contributed by atoms with Crippen molar-refractivity contribution in [3.63, 3.8) is 0 Å². The molecule has 1 heterocycles. The van der Waals surface area contributed by atoms with Crippen LogP contribution in [0.2, 0.25) is 0 Å². The first-order valence-corrected chi connectivity index (χ1v) is 7.64. The van der Waals surface area contributed by atoms with Gasteiger partial charge >= 0.3 is 0 Å². The van der Waals surface area contributed by atoms with Crippen LogP contribution in [0.3, 0.4) is 0 Å². The molecule has 19 heavy (non-hydrogen) atoms. The topological polar surface area (TPSA) is 21.3 Å². The first-order chi connectivity index (χ1) is 9.29. The minimum Gasteiger partial charge on any atom is -0.381 e. The van der Waals surface area contributed by atoms with E-state index in [1.807, 2.05) is 0 Å². The Balaban J connectivity index is 2.01. The Morgan fingerprint density at radius 1 is 1.32 bits per heavy atom. The normalized spacial score (nSPS) is 18.4. The van der Waals surface area contributed by atoms with Gasteiger partial charge in [0, 0.05) is 19.8 Å². The SMILES string of the molecule is CCNCC(CC1CCOCC1)c1cccc(C)c1. The molecule has 1 fully saturated rings. The lowest BCUT2D eigenvalue weighted by molar-refractivity contribution is 0.0616. The van der Waals surface area contributed by atoms with Crippen molar-refractivity contribution in [3.8, 4) is 0 Å². The van der Waals surface area contributed by atoms with Gasteiger partial charge in [-0.25, -0.2) is 0 Å². The quantitative estimate of drug-likeness (QED) is 0.846. The van der Waals surface area contributed by atoms with Crippen LogP contribution in [-0.4, -0.2) is 26.3 Å². The summed E-state index contributed by atoms with van der Waals surface area (Å²) in [4.78, 5) is 0. The van der Waals surface area contributed by atoms with Gasteiger partial charge < -0.3 is 10.1 Å². The van der Waals surface area contributed by atoms with Gasteiger partial charge in [-0.2, -0.15) is 0 Å². The van der Waals surface area contributed by atoms with Crippen LogP contribution in [0, 0.1) is 12.8 Å². The number of likely N-dealkylation sites (N-methyl/N-ethyl adjacent to an activating group) is 1. The lowest BCUT2D eigenvalue weighted by Gasteiger charge is -2.27. The third-order valence-electron chi connectivity index (χ3n) is 4.11. The Morgan fingerprint density at radius 3 is 2.79 bits per heavy atom. The van der Waals surface area contributed by atoms with Crippen molar-refractivity contribution in [2.24, 2.45) is 5.92 Å². The van der Waals surface area contributed by atoms with E-state index in [1.54, 1.807) is 0 Å². The van der Waals surface area contributed by atoms with Gasteiger partial charge in [-0.05, 0) is 50.1 Å². The van der Waals surface area contributed by atoms with Crippen molar-refractivity contribution in [1.82, 2.24) is 5.32 Å². The predicted octanol–water partition coefficient (Wildman–Crippen LogP) is 3.50. The highest BCUT2D eigenvalue weighted by Crippen LogP contribution is 2.29. The van der Waals surface area contributed by atoms with Crippen molar-refractivity contribution in [3.05, 3.63) is 35.4 Å². The van der Waals surface area contributed by atoms with Gasteiger partial charge in [0.15, 0.2) is 0 Å². The third-order valence-corrected chi connectivity index (χ3v) is 4.11. The van der Waals surface area contributed by atoms with Crippen LogP contribution >= 0.6 is 0 Å². The van der Waals surface area contributed by atoms with E-state index in [1.165, 1.54) is 30.4 Å². The summed E-state index contributed by atoms with van der Waals surface area (Å²) in [6.07, 6.45) is 3.75. The molecule has 0 amide bonds. The Labute approximate surface area is 117 Å². The van der Waals surface area contributed by atoms with E-state index in [9.17, 15) is 0 Å². The van der Waals surface area contributed by atoms with E-state index >= 15 is 0 Å². The molecule has 1 aromatic carbocycles. The van der Waals surface area contributed by atoms with Crippen LogP contribution in [-0.2, 0) is 4.74 Å². The molecule has 1 aromatic rings. The summed E-state index contributed by atoms with van der Waals surface area (Å²) in [7, 11) is 0. The number of nitrogens with one attached hydrogen (secondary N) is 1. The Morgan fingerprint density at radius 2 is 2.11 bits per heavy atom. The summed E-state index contributed by atoms with van der Waals surface area (Å²) in [5, 5.41) is 3.52. The molecule has 1 N–H and O–H groups in total. The summed E-state index contributed by atoms with van der Waals surface area (Å²) in [6, 6.07) is 9.01. The first kappa shape index (κ1) is 14.5. The molecule has 1 aliphatic heterocycles. The summed E-state index contributed by atoms with van der Waals surface area (Å²) in [5.41, 5.74) is 2.86. The summed E-state index contributed by atoms with van der Waals surface area (Å²) >= 11 is 0. The number of rotatable bonds is 6. The largest absolute Gasteiger partial charge is 0.381 e. The predicted molar refractivity (Wildman–Crippen MR) is 80.6 cm³/mol. The average molecular weight is 261 g/mol. The Hall–Kier alpha value is -0.860. The van der Waals surface area contributed by atoms with Crippen molar-refractivity contribution >= 4 is 0 Å². The fourth-order valence-corrected chi connectivity index (χ4v) is 2.96. The lowest BCUT2D eigenvalue weighted by atomic mass is 9.84. The molecule has 106 valence electrons. The molecule has 1 aliphatic rings. The maximum Gasteiger partial charge on any atom is 0.0468 e. The number of ether oxygens (including phenoxy) is 1. The van der Waals surface area contributed by atoms with Crippen molar-refractivity contribution < 1.29 is 4.74 Å². The van der Waals surface area contributed by atoms with E-state index in [2.05, 4.69) is 43.4 Å². The van der Waals surface area contributed by atoms with E-state index < -0.39 is 0 Å². The standard InChI is InChI=1S/C17H27NO/c1-3-18-13-17(12-15-7-9-19-10-8-15)16-6-4-5-14(2)11-16/h4-6,11,15,17-18H,3,7-10,12-13H2,1-2H3. The Bertz CT molecular complexity index is 371.